The van der Waals surface area contributed by atoms with Crippen molar-refractivity contribution in [2.24, 2.45) is 0 Å². The van der Waals surface area contributed by atoms with Crippen LogP contribution in [0.1, 0.15) is 6.42 Å². The Balaban J connectivity index is 2.32. The zero-order valence-corrected chi connectivity index (χ0v) is 11.4. The molecule has 0 aliphatic carbocycles. The molecule has 1 unspecified atom stereocenters. The van der Waals surface area contributed by atoms with E-state index in [1.165, 1.54) is 16.8 Å². The summed E-state index contributed by atoms with van der Waals surface area (Å²) in [6, 6.07) is -1.10. The summed E-state index contributed by atoms with van der Waals surface area (Å²) in [4.78, 5) is 25.8. The molecule has 1 atom stereocenters. The quantitative estimate of drug-likeness (QED) is 0.743. The highest BCUT2D eigenvalue weighted by molar-refractivity contribution is 5.82. The minimum Gasteiger partial charge on any atom is -0.343 e. The van der Waals surface area contributed by atoms with Crippen molar-refractivity contribution in [1.82, 2.24) is 20.4 Å². The molecule has 0 bridgehead atoms. The minimum atomic E-state index is -2.82. The van der Waals surface area contributed by atoms with Gasteiger partial charge in [0.05, 0.1) is 12.6 Å². The van der Waals surface area contributed by atoms with Crippen LogP contribution in [0.25, 0.3) is 0 Å². The van der Waals surface area contributed by atoms with Gasteiger partial charge in [0.25, 0.3) is 5.92 Å². The smallest absolute Gasteiger partial charge is 0.316 e. The zero-order chi connectivity index (χ0) is 14.6. The standard InChI is InChI=1S/C11H20F2N4O2/c1-16(2)10(19)14-4-5-17(3)9(18)8-6-11(12,13)7-15-8/h8,15H,4-7H2,1-3H3,(H,14,19). The van der Waals surface area contributed by atoms with Crippen molar-refractivity contribution in [2.45, 2.75) is 18.4 Å². The second-order valence-corrected chi connectivity index (χ2v) is 4.88. The molecule has 3 amide bonds. The molecule has 2 N–H and O–H groups in total. The molecule has 0 aromatic rings. The summed E-state index contributed by atoms with van der Waals surface area (Å²) in [6.07, 6.45) is -0.472. The Morgan fingerprint density at radius 2 is 2.00 bits per heavy atom. The first kappa shape index (κ1) is 15.6. The van der Waals surface area contributed by atoms with Gasteiger partial charge in [-0.2, -0.15) is 0 Å². The van der Waals surface area contributed by atoms with Crippen molar-refractivity contribution < 1.29 is 18.4 Å². The number of nitrogens with one attached hydrogen (secondary N) is 2. The maximum absolute atomic E-state index is 13.0. The van der Waals surface area contributed by atoms with Crippen LogP contribution in [0.2, 0.25) is 0 Å². The van der Waals surface area contributed by atoms with E-state index in [1.54, 1.807) is 14.1 Å². The van der Waals surface area contributed by atoms with Gasteiger partial charge >= 0.3 is 6.03 Å². The highest BCUT2D eigenvalue weighted by atomic mass is 19.3. The molecule has 1 rings (SSSR count). The zero-order valence-electron chi connectivity index (χ0n) is 11.4. The molecule has 1 aliphatic rings. The van der Waals surface area contributed by atoms with Crippen molar-refractivity contribution >= 4 is 11.9 Å². The molecule has 1 saturated heterocycles. The van der Waals surface area contributed by atoms with E-state index in [2.05, 4.69) is 10.6 Å². The molecular formula is C11H20F2N4O2. The minimum absolute atomic E-state index is 0.258. The van der Waals surface area contributed by atoms with Gasteiger partial charge in [0.15, 0.2) is 0 Å². The van der Waals surface area contributed by atoms with E-state index in [0.29, 0.717) is 0 Å². The van der Waals surface area contributed by atoms with Crippen LogP contribution in [-0.2, 0) is 4.79 Å². The fourth-order valence-corrected chi connectivity index (χ4v) is 1.75. The third kappa shape index (κ3) is 4.62. The number of likely N-dealkylation sites (N-methyl/N-ethyl adjacent to an activating group) is 1. The molecule has 1 fully saturated rings. The van der Waals surface area contributed by atoms with Gasteiger partial charge in [-0.1, -0.05) is 0 Å². The number of urea groups is 1. The van der Waals surface area contributed by atoms with Crippen LogP contribution < -0.4 is 10.6 Å². The fraction of sp³-hybridized carbons (Fsp3) is 0.818. The third-order valence-corrected chi connectivity index (χ3v) is 2.91. The Kier molecular flexibility index (Phi) is 5.04. The molecular weight excluding hydrogens is 258 g/mol. The van der Waals surface area contributed by atoms with E-state index < -0.39 is 24.9 Å². The summed E-state index contributed by atoms with van der Waals surface area (Å²) >= 11 is 0. The van der Waals surface area contributed by atoms with Crippen molar-refractivity contribution in [3.63, 3.8) is 0 Å². The molecule has 0 saturated carbocycles. The first-order chi connectivity index (χ1) is 8.73. The Morgan fingerprint density at radius 1 is 1.37 bits per heavy atom. The van der Waals surface area contributed by atoms with Crippen molar-refractivity contribution in [3.05, 3.63) is 0 Å². The number of rotatable bonds is 4. The highest BCUT2D eigenvalue weighted by Crippen LogP contribution is 2.25. The molecule has 1 heterocycles. The maximum atomic E-state index is 13.0. The summed E-state index contributed by atoms with van der Waals surface area (Å²) in [5.41, 5.74) is 0. The van der Waals surface area contributed by atoms with Crippen LogP contribution in [-0.4, -0.2) is 74.5 Å². The van der Waals surface area contributed by atoms with Gasteiger partial charge in [0.2, 0.25) is 5.91 Å². The second-order valence-electron chi connectivity index (χ2n) is 4.88. The monoisotopic (exact) mass is 278 g/mol. The third-order valence-electron chi connectivity index (χ3n) is 2.91. The number of hydrogen-bond acceptors (Lipinski definition) is 3. The van der Waals surface area contributed by atoms with Gasteiger partial charge in [-0.15, -0.1) is 0 Å². The summed E-state index contributed by atoms with van der Waals surface area (Å²) in [5.74, 6) is -3.20. The summed E-state index contributed by atoms with van der Waals surface area (Å²) in [5, 5.41) is 5.11. The number of nitrogens with zero attached hydrogens (tertiary/aromatic N) is 2. The van der Waals surface area contributed by atoms with Crippen molar-refractivity contribution in [2.75, 3.05) is 40.8 Å². The largest absolute Gasteiger partial charge is 0.343 e. The summed E-state index contributed by atoms with van der Waals surface area (Å²) in [7, 11) is 4.74. The predicted octanol–water partition coefficient (Wildman–Crippen LogP) is -0.287. The number of alkyl halides is 2. The van der Waals surface area contributed by atoms with Gasteiger partial charge in [-0.3, -0.25) is 10.1 Å². The van der Waals surface area contributed by atoms with Gasteiger partial charge < -0.3 is 15.1 Å². The highest BCUT2D eigenvalue weighted by Gasteiger charge is 2.42. The number of amides is 3. The SMILES string of the molecule is CN(C)C(=O)NCCN(C)C(=O)C1CC(F)(F)CN1. The number of halogens is 2. The van der Waals surface area contributed by atoms with E-state index in [0.717, 1.165) is 0 Å². The van der Waals surface area contributed by atoms with Crippen LogP contribution in [0.3, 0.4) is 0 Å². The van der Waals surface area contributed by atoms with Crippen LogP contribution in [0.4, 0.5) is 13.6 Å². The van der Waals surface area contributed by atoms with Gasteiger partial charge in [0, 0.05) is 40.7 Å². The first-order valence-corrected chi connectivity index (χ1v) is 6.04. The Labute approximate surface area is 111 Å². The first-order valence-electron chi connectivity index (χ1n) is 6.04. The van der Waals surface area contributed by atoms with Gasteiger partial charge in [-0.05, 0) is 0 Å². The molecule has 0 radical (unpaired) electrons. The number of carbonyl (C=O) groups is 2. The Hall–Kier alpha value is -1.44. The lowest BCUT2D eigenvalue weighted by atomic mass is 10.2. The Bertz CT molecular complexity index is 350. The fourth-order valence-electron chi connectivity index (χ4n) is 1.75. The maximum Gasteiger partial charge on any atom is 0.316 e. The molecule has 8 heteroatoms. The van der Waals surface area contributed by atoms with Crippen LogP contribution in [0.5, 0.6) is 0 Å². The average molecular weight is 278 g/mol. The molecule has 0 aromatic heterocycles. The molecule has 1 aliphatic heterocycles. The van der Waals surface area contributed by atoms with Crippen LogP contribution >= 0.6 is 0 Å². The second kappa shape index (κ2) is 6.14. The average Bonchev–Trinajstić information content (AvgIpc) is 2.68. The molecule has 0 aromatic carbocycles. The lowest BCUT2D eigenvalue weighted by Gasteiger charge is -2.21. The number of carbonyl (C=O) groups excluding carboxylic acids is 2. The summed E-state index contributed by atoms with van der Waals surface area (Å²) in [6.45, 7) is 0.0964. The van der Waals surface area contributed by atoms with Crippen LogP contribution in [0, 0.1) is 0 Å². The van der Waals surface area contributed by atoms with E-state index in [9.17, 15) is 18.4 Å². The summed E-state index contributed by atoms with van der Waals surface area (Å²) < 4.78 is 25.9. The normalized spacial score (nSPS) is 21.0. The Morgan fingerprint density at radius 3 is 2.47 bits per heavy atom. The van der Waals surface area contributed by atoms with E-state index >= 15 is 0 Å². The molecule has 19 heavy (non-hydrogen) atoms. The van der Waals surface area contributed by atoms with E-state index in [4.69, 9.17) is 0 Å². The lowest BCUT2D eigenvalue weighted by molar-refractivity contribution is -0.132. The van der Waals surface area contributed by atoms with E-state index in [1.807, 2.05) is 0 Å². The molecule has 6 nitrogen and oxygen atoms in total. The van der Waals surface area contributed by atoms with Gasteiger partial charge in [0.1, 0.15) is 0 Å². The molecule has 0 spiro atoms. The van der Waals surface area contributed by atoms with Crippen LogP contribution in [0.15, 0.2) is 0 Å². The number of hydrogen-bond donors (Lipinski definition) is 2. The van der Waals surface area contributed by atoms with Crippen molar-refractivity contribution in [1.29, 1.82) is 0 Å². The lowest BCUT2D eigenvalue weighted by Crippen LogP contribution is -2.45. The van der Waals surface area contributed by atoms with Gasteiger partial charge in [-0.25, -0.2) is 13.6 Å². The van der Waals surface area contributed by atoms with E-state index in [-0.39, 0.29) is 25.0 Å². The van der Waals surface area contributed by atoms with Crippen molar-refractivity contribution in [3.8, 4) is 0 Å². The predicted molar refractivity (Wildman–Crippen MR) is 66.1 cm³/mol. The molecule has 110 valence electrons. The topological polar surface area (TPSA) is 64.7 Å².